The van der Waals surface area contributed by atoms with Crippen molar-refractivity contribution in [2.24, 2.45) is 0 Å². The Morgan fingerprint density at radius 2 is 1.86 bits per heavy atom. The van der Waals surface area contributed by atoms with Gasteiger partial charge in [0.05, 0.1) is 22.4 Å². The van der Waals surface area contributed by atoms with Crippen molar-refractivity contribution in [1.29, 1.82) is 0 Å². The first-order valence-electron chi connectivity index (χ1n) is 8.26. The van der Waals surface area contributed by atoms with Gasteiger partial charge in [-0.05, 0) is 35.9 Å². The van der Waals surface area contributed by atoms with Crippen molar-refractivity contribution in [2.75, 3.05) is 17.2 Å². The second kappa shape index (κ2) is 8.45. The maximum Gasteiger partial charge on any atom is 0.416 e. The van der Waals surface area contributed by atoms with Gasteiger partial charge in [-0.3, -0.25) is 0 Å². The van der Waals surface area contributed by atoms with Gasteiger partial charge in [-0.1, -0.05) is 35.9 Å². The summed E-state index contributed by atoms with van der Waals surface area (Å²) in [7, 11) is 0. The lowest BCUT2D eigenvalue weighted by atomic mass is 10.1. The molecule has 0 fully saturated rings. The number of hydrogen-bond acceptors (Lipinski definition) is 5. The molecule has 146 valence electrons. The number of rotatable bonds is 6. The number of nitrogens with one attached hydrogen (secondary N) is 2. The van der Waals surface area contributed by atoms with Gasteiger partial charge in [0.25, 0.3) is 0 Å². The lowest BCUT2D eigenvalue weighted by Crippen LogP contribution is -2.14. The Morgan fingerprint density at radius 3 is 2.61 bits per heavy atom. The van der Waals surface area contributed by atoms with Gasteiger partial charge in [-0.25, -0.2) is 4.98 Å². The predicted molar refractivity (Wildman–Crippen MR) is 102 cm³/mol. The van der Waals surface area contributed by atoms with Gasteiger partial charge in [0, 0.05) is 12.7 Å². The standard InChI is InChI=1S/C19H16ClF3N4O/c20-14-6-1-2-7-15(14)26-18-24-9-8-17(27-18)25-11-16(28)12-4-3-5-13(10-12)19(21,22)23/h1-10,16,28H,11H2,(H2,24,25,26,27). The third-order valence-corrected chi connectivity index (χ3v) is 4.18. The molecular weight excluding hydrogens is 393 g/mol. The monoisotopic (exact) mass is 408 g/mol. The van der Waals surface area contributed by atoms with E-state index in [1.165, 1.54) is 18.3 Å². The van der Waals surface area contributed by atoms with Crippen molar-refractivity contribution in [2.45, 2.75) is 12.3 Å². The van der Waals surface area contributed by atoms with Crippen LogP contribution in [0.25, 0.3) is 0 Å². The number of alkyl halides is 3. The summed E-state index contributed by atoms with van der Waals surface area (Å²) in [5.74, 6) is 0.683. The van der Waals surface area contributed by atoms with Gasteiger partial charge in [-0.2, -0.15) is 18.2 Å². The maximum atomic E-state index is 12.8. The van der Waals surface area contributed by atoms with Gasteiger partial charge in [0.1, 0.15) is 5.82 Å². The van der Waals surface area contributed by atoms with E-state index in [9.17, 15) is 18.3 Å². The van der Waals surface area contributed by atoms with Crippen LogP contribution in [0.3, 0.4) is 0 Å². The minimum atomic E-state index is -4.46. The Kier molecular flexibility index (Phi) is 6.01. The van der Waals surface area contributed by atoms with Gasteiger partial charge < -0.3 is 15.7 Å². The van der Waals surface area contributed by atoms with E-state index in [-0.39, 0.29) is 18.1 Å². The van der Waals surface area contributed by atoms with Crippen LogP contribution < -0.4 is 10.6 Å². The Morgan fingerprint density at radius 1 is 1.07 bits per heavy atom. The normalized spacial score (nSPS) is 12.5. The van der Waals surface area contributed by atoms with Crippen molar-refractivity contribution < 1.29 is 18.3 Å². The molecule has 0 radical (unpaired) electrons. The molecule has 1 heterocycles. The molecule has 1 aromatic heterocycles. The molecule has 3 aromatic rings. The average Bonchev–Trinajstić information content (AvgIpc) is 2.68. The van der Waals surface area contributed by atoms with Crippen molar-refractivity contribution in [3.8, 4) is 0 Å². The molecule has 5 nitrogen and oxygen atoms in total. The van der Waals surface area contributed by atoms with E-state index >= 15 is 0 Å². The van der Waals surface area contributed by atoms with Crippen LogP contribution in [0.1, 0.15) is 17.2 Å². The van der Waals surface area contributed by atoms with Crippen molar-refractivity contribution in [1.82, 2.24) is 9.97 Å². The smallest absolute Gasteiger partial charge is 0.387 e. The maximum absolute atomic E-state index is 12.8. The van der Waals surface area contributed by atoms with Crippen LogP contribution in [-0.2, 0) is 6.18 Å². The number of para-hydroxylation sites is 1. The topological polar surface area (TPSA) is 70.1 Å². The van der Waals surface area contributed by atoms with Crippen LogP contribution in [0.15, 0.2) is 60.8 Å². The number of halogens is 4. The molecule has 2 aromatic carbocycles. The molecule has 28 heavy (non-hydrogen) atoms. The summed E-state index contributed by atoms with van der Waals surface area (Å²) in [6.45, 7) is -0.0240. The highest BCUT2D eigenvalue weighted by molar-refractivity contribution is 6.33. The van der Waals surface area contributed by atoms with E-state index in [0.29, 0.717) is 16.5 Å². The first-order chi connectivity index (χ1) is 13.3. The van der Waals surface area contributed by atoms with E-state index in [1.54, 1.807) is 24.3 Å². The van der Waals surface area contributed by atoms with Gasteiger partial charge in [0.15, 0.2) is 0 Å². The quantitative estimate of drug-likeness (QED) is 0.533. The predicted octanol–water partition coefficient (Wildman–Crippen LogP) is 5.04. The van der Waals surface area contributed by atoms with Crippen LogP contribution in [0.4, 0.5) is 30.6 Å². The zero-order chi connectivity index (χ0) is 20.1. The Bertz CT molecular complexity index is 952. The molecule has 1 atom stereocenters. The number of aliphatic hydroxyl groups excluding tert-OH is 1. The van der Waals surface area contributed by atoms with Crippen molar-refractivity contribution >= 4 is 29.1 Å². The molecule has 0 aliphatic heterocycles. The Balaban J connectivity index is 1.66. The third kappa shape index (κ3) is 5.11. The summed E-state index contributed by atoms with van der Waals surface area (Å²) in [5.41, 5.74) is -0.0200. The minimum absolute atomic E-state index is 0.0240. The number of aromatic nitrogens is 2. The highest BCUT2D eigenvalue weighted by Crippen LogP contribution is 2.31. The number of hydrogen-bond donors (Lipinski definition) is 3. The molecule has 0 amide bonds. The zero-order valence-corrected chi connectivity index (χ0v) is 15.2. The second-order valence-corrected chi connectivity index (χ2v) is 6.30. The lowest BCUT2D eigenvalue weighted by molar-refractivity contribution is -0.137. The van der Waals surface area contributed by atoms with E-state index in [1.807, 2.05) is 6.07 Å². The molecule has 1 unspecified atom stereocenters. The molecule has 0 saturated carbocycles. The summed E-state index contributed by atoms with van der Waals surface area (Å²) in [6, 6.07) is 13.3. The summed E-state index contributed by atoms with van der Waals surface area (Å²) in [6.07, 6.45) is -4.10. The first kappa shape index (κ1) is 19.9. The summed E-state index contributed by atoms with van der Waals surface area (Å²) < 4.78 is 38.4. The molecule has 0 bridgehead atoms. The SMILES string of the molecule is OC(CNc1ccnc(Nc2ccccc2Cl)n1)c1cccc(C(F)(F)F)c1. The van der Waals surface area contributed by atoms with E-state index in [2.05, 4.69) is 20.6 Å². The molecule has 0 aliphatic rings. The number of benzene rings is 2. The van der Waals surface area contributed by atoms with E-state index in [0.717, 1.165) is 12.1 Å². The van der Waals surface area contributed by atoms with E-state index in [4.69, 9.17) is 11.6 Å². The largest absolute Gasteiger partial charge is 0.416 e. The minimum Gasteiger partial charge on any atom is -0.387 e. The van der Waals surface area contributed by atoms with Crippen LogP contribution in [0, 0.1) is 0 Å². The van der Waals surface area contributed by atoms with Gasteiger partial charge >= 0.3 is 6.18 Å². The molecule has 0 aliphatic carbocycles. The molecule has 3 N–H and O–H groups in total. The van der Waals surface area contributed by atoms with Crippen LogP contribution in [-0.4, -0.2) is 21.6 Å². The molecular formula is C19H16ClF3N4O. The average molecular weight is 409 g/mol. The lowest BCUT2D eigenvalue weighted by Gasteiger charge is -2.15. The molecule has 0 spiro atoms. The highest BCUT2D eigenvalue weighted by Gasteiger charge is 2.30. The summed E-state index contributed by atoms with van der Waals surface area (Å²) >= 11 is 6.08. The van der Waals surface area contributed by atoms with Crippen molar-refractivity contribution in [3.63, 3.8) is 0 Å². The molecule has 0 saturated heterocycles. The molecule has 3 rings (SSSR count). The van der Waals surface area contributed by atoms with Gasteiger partial charge in [0.2, 0.25) is 5.95 Å². The fraction of sp³-hybridized carbons (Fsp3) is 0.158. The van der Waals surface area contributed by atoms with Gasteiger partial charge in [-0.15, -0.1) is 0 Å². The summed E-state index contributed by atoms with van der Waals surface area (Å²) in [4.78, 5) is 8.34. The first-order valence-corrected chi connectivity index (χ1v) is 8.64. The Hall–Kier alpha value is -2.84. The van der Waals surface area contributed by atoms with Crippen LogP contribution in [0.5, 0.6) is 0 Å². The number of nitrogens with zero attached hydrogens (tertiary/aromatic N) is 2. The highest BCUT2D eigenvalue weighted by atomic mass is 35.5. The van der Waals surface area contributed by atoms with Crippen molar-refractivity contribution in [3.05, 3.63) is 76.9 Å². The number of aliphatic hydroxyl groups is 1. The van der Waals surface area contributed by atoms with Crippen LogP contribution in [0.2, 0.25) is 5.02 Å². The fourth-order valence-electron chi connectivity index (χ4n) is 2.44. The number of anilines is 3. The Labute approximate surface area is 164 Å². The second-order valence-electron chi connectivity index (χ2n) is 5.89. The fourth-order valence-corrected chi connectivity index (χ4v) is 2.62. The third-order valence-electron chi connectivity index (χ3n) is 3.85. The summed E-state index contributed by atoms with van der Waals surface area (Å²) in [5, 5.41) is 16.6. The molecule has 9 heteroatoms. The zero-order valence-electron chi connectivity index (χ0n) is 14.4. The van der Waals surface area contributed by atoms with E-state index < -0.39 is 17.8 Å². The van der Waals surface area contributed by atoms with Crippen LogP contribution >= 0.6 is 11.6 Å².